The van der Waals surface area contributed by atoms with Gasteiger partial charge < -0.3 is 16.0 Å². The smallest absolute Gasteiger partial charge is 0.319 e. The van der Waals surface area contributed by atoms with Crippen LogP contribution in [0.1, 0.15) is 11.4 Å². The SMILES string of the molecule is Cc1c(F)cccc1NC(=O)NCCNc1cc(-n2ccnc2C)ncn1. The van der Waals surface area contributed by atoms with E-state index in [2.05, 4.69) is 30.9 Å². The lowest BCUT2D eigenvalue weighted by atomic mass is 10.2. The molecule has 3 N–H and O–H groups in total. The Bertz CT molecular complexity index is 941. The van der Waals surface area contributed by atoms with Crippen molar-refractivity contribution < 1.29 is 9.18 Å². The Morgan fingerprint density at radius 1 is 1.19 bits per heavy atom. The van der Waals surface area contributed by atoms with E-state index in [0.717, 1.165) is 5.82 Å². The summed E-state index contributed by atoms with van der Waals surface area (Å²) in [6.07, 6.45) is 4.99. The molecule has 3 aromatic rings. The van der Waals surface area contributed by atoms with Gasteiger partial charge in [-0.2, -0.15) is 0 Å². The summed E-state index contributed by atoms with van der Waals surface area (Å²) >= 11 is 0. The Morgan fingerprint density at radius 2 is 2.04 bits per heavy atom. The maximum atomic E-state index is 13.5. The molecule has 0 aliphatic carbocycles. The van der Waals surface area contributed by atoms with Gasteiger partial charge in [0, 0.05) is 42.8 Å². The minimum absolute atomic E-state index is 0.359. The summed E-state index contributed by atoms with van der Waals surface area (Å²) in [6, 6.07) is 5.95. The van der Waals surface area contributed by atoms with Gasteiger partial charge in [0.25, 0.3) is 0 Å². The fraction of sp³-hybridized carbons (Fsp3) is 0.222. The summed E-state index contributed by atoms with van der Waals surface area (Å²) in [4.78, 5) is 24.5. The number of urea groups is 1. The molecule has 0 saturated carbocycles. The van der Waals surface area contributed by atoms with Crippen LogP contribution in [0.2, 0.25) is 0 Å². The van der Waals surface area contributed by atoms with Crippen LogP contribution >= 0.6 is 0 Å². The van der Waals surface area contributed by atoms with Gasteiger partial charge in [-0.1, -0.05) is 6.07 Å². The van der Waals surface area contributed by atoms with E-state index in [-0.39, 0.29) is 5.82 Å². The lowest BCUT2D eigenvalue weighted by molar-refractivity contribution is 0.252. The predicted octanol–water partition coefficient (Wildman–Crippen LogP) is 2.65. The lowest BCUT2D eigenvalue weighted by Crippen LogP contribution is -2.33. The van der Waals surface area contributed by atoms with E-state index in [9.17, 15) is 9.18 Å². The molecule has 9 heteroatoms. The summed E-state index contributed by atoms with van der Waals surface area (Å²) < 4.78 is 15.3. The zero-order chi connectivity index (χ0) is 19.2. The highest BCUT2D eigenvalue weighted by atomic mass is 19.1. The second-order valence-electron chi connectivity index (χ2n) is 5.83. The van der Waals surface area contributed by atoms with Gasteiger partial charge in [-0.25, -0.2) is 24.1 Å². The van der Waals surface area contributed by atoms with E-state index in [1.54, 1.807) is 31.3 Å². The largest absolute Gasteiger partial charge is 0.368 e. The van der Waals surface area contributed by atoms with Gasteiger partial charge in [-0.15, -0.1) is 0 Å². The van der Waals surface area contributed by atoms with Crippen LogP contribution in [0, 0.1) is 19.7 Å². The molecule has 2 heterocycles. The van der Waals surface area contributed by atoms with E-state index in [0.29, 0.717) is 36.0 Å². The fourth-order valence-electron chi connectivity index (χ4n) is 2.47. The maximum Gasteiger partial charge on any atom is 0.319 e. The van der Waals surface area contributed by atoms with Gasteiger partial charge in [-0.05, 0) is 26.0 Å². The maximum absolute atomic E-state index is 13.5. The van der Waals surface area contributed by atoms with Crippen LogP contribution in [0.5, 0.6) is 0 Å². The monoisotopic (exact) mass is 369 g/mol. The van der Waals surface area contributed by atoms with Crippen molar-refractivity contribution in [1.82, 2.24) is 24.8 Å². The van der Waals surface area contributed by atoms with Crippen LogP contribution in [-0.2, 0) is 0 Å². The molecule has 0 saturated heterocycles. The normalized spacial score (nSPS) is 10.5. The summed E-state index contributed by atoms with van der Waals surface area (Å²) in [6.45, 7) is 4.33. The molecule has 0 radical (unpaired) electrons. The third-order valence-electron chi connectivity index (χ3n) is 3.96. The van der Waals surface area contributed by atoms with Crippen LogP contribution in [0.25, 0.3) is 5.82 Å². The van der Waals surface area contributed by atoms with E-state index >= 15 is 0 Å². The van der Waals surface area contributed by atoms with Gasteiger partial charge in [0.15, 0.2) is 0 Å². The second-order valence-corrected chi connectivity index (χ2v) is 5.83. The van der Waals surface area contributed by atoms with Crippen LogP contribution in [-0.4, -0.2) is 38.6 Å². The minimum Gasteiger partial charge on any atom is -0.368 e. The quantitative estimate of drug-likeness (QED) is 0.581. The van der Waals surface area contributed by atoms with E-state index < -0.39 is 6.03 Å². The van der Waals surface area contributed by atoms with Crippen LogP contribution < -0.4 is 16.0 Å². The van der Waals surface area contributed by atoms with E-state index in [1.165, 1.54) is 12.4 Å². The molecule has 0 fully saturated rings. The molecule has 8 nitrogen and oxygen atoms in total. The molecule has 0 aliphatic rings. The van der Waals surface area contributed by atoms with Gasteiger partial charge in [-0.3, -0.25) is 4.57 Å². The number of carbonyl (C=O) groups is 1. The number of nitrogens with one attached hydrogen (secondary N) is 3. The fourth-order valence-corrected chi connectivity index (χ4v) is 2.47. The van der Waals surface area contributed by atoms with Gasteiger partial charge >= 0.3 is 6.03 Å². The molecule has 3 rings (SSSR count). The average molecular weight is 369 g/mol. The van der Waals surface area contributed by atoms with Crippen LogP contribution in [0.3, 0.4) is 0 Å². The molecule has 140 valence electrons. The van der Waals surface area contributed by atoms with Crippen molar-refractivity contribution in [3.8, 4) is 5.82 Å². The first-order chi connectivity index (χ1) is 13.0. The molecule has 0 unspecified atom stereocenters. The van der Waals surface area contributed by atoms with Gasteiger partial charge in [0.05, 0.1) is 0 Å². The number of anilines is 2. The van der Waals surface area contributed by atoms with Crippen molar-refractivity contribution in [3.05, 3.63) is 60.2 Å². The molecular formula is C18H20FN7O. The molecule has 1 aromatic carbocycles. The molecule has 27 heavy (non-hydrogen) atoms. The Labute approximate surface area is 155 Å². The lowest BCUT2D eigenvalue weighted by Gasteiger charge is -2.11. The molecular weight excluding hydrogens is 349 g/mol. The number of nitrogens with zero attached hydrogens (tertiary/aromatic N) is 4. The Morgan fingerprint density at radius 3 is 2.81 bits per heavy atom. The van der Waals surface area contributed by atoms with E-state index in [4.69, 9.17) is 0 Å². The molecule has 0 bridgehead atoms. The number of halogens is 1. The van der Waals surface area contributed by atoms with Crippen molar-refractivity contribution in [2.24, 2.45) is 0 Å². The second kappa shape index (κ2) is 8.26. The molecule has 2 aromatic heterocycles. The summed E-state index contributed by atoms with van der Waals surface area (Å²) in [5.41, 5.74) is 0.839. The van der Waals surface area contributed by atoms with Crippen molar-refractivity contribution in [2.45, 2.75) is 13.8 Å². The number of aromatic nitrogens is 4. The Hall–Kier alpha value is -3.49. The predicted molar refractivity (Wildman–Crippen MR) is 101 cm³/mol. The van der Waals surface area contributed by atoms with E-state index in [1.807, 2.05) is 17.7 Å². The number of aryl methyl sites for hydroxylation is 1. The standard InChI is InChI=1S/C18H20FN7O/c1-12-14(19)4-3-5-15(12)25-18(27)22-7-6-21-16-10-17(24-11-23-16)26-9-8-20-13(26)2/h3-5,8-11H,6-7H2,1-2H3,(H,21,23,24)(H2,22,25,27). The number of benzene rings is 1. The first-order valence-electron chi connectivity index (χ1n) is 8.41. The first kappa shape index (κ1) is 18.3. The van der Waals surface area contributed by atoms with Gasteiger partial charge in [0.1, 0.15) is 29.6 Å². The summed E-state index contributed by atoms with van der Waals surface area (Å²) in [5.74, 6) is 1.80. The zero-order valence-electron chi connectivity index (χ0n) is 15.0. The topological polar surface area (TPSA) is 96.8 Å². The number of carbonyl (C=O) groups excluding carboxylic acids is 1. The van der Waals surface area contributed by atoms with Crippen molar-refractivity contribution >= 4 is 17.5 Å². The number of imidazole rings is 1. The van der Waals surface area contributed by atoms with Crippen molar-refractivity contribution in [1.29, 1.82) is 0 Å². The third kappa shape index (κ3) is 4.57. The molecule has 0 atom stereocenters. The summed E-state index contributed by atoms with van der Waals surface area (Å²) in [5, 5.41) is 8.45. The summed E-state index contributed by atoms with van der Waals surface area (Å²) in [7, 11) is 0. The third-order valence-corrected chi connectivity index (χ3v) is 3.96. The molecule has 0 spiro atoms. The van der Waals surface area contributed by atoms with Crippen LogP contribution in [0.4, 0.5) is 20.7 Å². The number of hydrogen-bond donors (Lipinski definition) is 3. The van der Waals surface area contributed by atoms with Crippen molar-refractivity contribution in [3.63, 3.8) is 0 Å². The van der Waals surface area contributed by atoms with Crippen molar-refractivity contribution in [2.75, 3.05) is 23.7 Å². The molecule has 0 aliphatic heterocycles. The zero-order valence-corrected chi connectivity index (χ0v) is 15.0. The highest BCUT2D eigenvalue weighted by Crippen LogP contribution is 2.17. The number of rotatable bonds is 6. The Kier molecular flexibility index (Phi) is 5.60. The average Bonchev–Trinajstić information content (AvgIpc) is 3.09. The number of hydrogen-bond acceptors (Lipinski definition) is 5. The Balaban J connectivity index is 1.48. The first-order valence-corrected chi connectivity index (χ1v) is 8.41. The number of amides is 2. The highest BCUT2D eigenvalue weighted by Gasteiger charge is 2.07. The molecule has 2 amide bonds. The van der Waals surface area contributed by atoms with Gasteiger partial charge in [0.2, 0.25) is 0 Å². The van der Waals surface area contributed by atoms with Crippen LogP contribution in [0.15, 0.2) is 43.0 Å². The minimum atomic E-state index is -0.400. The highest BCUT2D eigenvalue weighted by molar-refractivity contribution is 5.90.